The number of ether oxygens (including phenoxy) is 1. The smallest absolute Gasteiger partial charge is 0.335 e. The van der Waals surface area contributed by atoms with Crippen LogP contribution in [0.4, 0.5) is 0 Å². The van der Waals surface area contributed by atoms with Crippen molar-refractivity contribution in [2.45, 2.75) is 18.9 Å². The summed E-state index contributed by atoms with van der Waals surface area (Å²) in [5.74, 6) is -0.226. The molecule has 35 heavy (non-hydrogen) atoms. The molecule has 0 spiro atoms. The van der Waals surface area contributed by atoms with E-state index in [0.29, 0.717) is 23.1 Å². The lowest BCUT2D eigenvalue weighted by Crippen LogP contribution is -2.23. The van der Waals surface area contributed by atoms with Crippen molar-refractivity contribution in [2.75, 3.05) is 6.61 Å². The van der Waals surface area contributed by atoms with Crippen molar-refractivity contribution in [2.24, 2.45) is 0 Å². The molecule has 4 aromatic carbocycles. The minimum absolute atomic E-state index is 0.256. The van der Waals surface area contributed by atoms with Gasteiger partial charge in [-0.15, -0.1) is 0 Å². The van der Waals surface area contributed by atoms with Gasteiger partial charge < -0.3 is 14.9 Å². The number of rotatable bonds is 8. The van der Waals surface area contributed by atoms with E-state index in [1.165, 1.54) is 0 Å². The molecule has 6 heteroatoms. The first-order valence-corrected chi connectivity index (χ1v) is 11.8. The van der Waals surface area contributed by atoms with Crippen LogP contribution in [0, 0.1) is 0 Å². The fraction of sp³-hybridized carbons (Fsp3) is 0.138. The van der Waals surface area contributed by atoms with E-state index >= 15 is 0 Å². The highest BCUT2D eigenvalue weighted by molar-refractivity contribution is 6.31. The van der Waals surface area contributed by atoms with Crippen molar-refractivity contribution >= 4 is 29.2 Å². The van der Waals surface area contributed by atoms with Crippen molar-refractivity contribution in [3.05, 3.63) is 123 Å². The summed E-state index contributed by atoms with van der Waals surface area (Å²) in [6, 6.07) is 27.0. The van der Waals surface area contributed by atoms with Crippen LogP contribution in [0.3, 0.4) is 0 Å². The van der Waals surface area contributed by atoms with Crippen LogP contribution in [0.15, 0.2) is 91.0 Å². The van der Waals surface area contributed by atoms with Crippen molar-refractivity contribution < 1.29 is 19.7 Å². The Labute approximate surface area is 214 Å². The maximum absolute atomic E-state index is 11.2. The zero-order chi connectivity index (χ0) is 25.0. The largest absolute Gasteiger partial charge is 0.493 e. The molecule has 4 nitrogen and oxygen atoms in total. The van der Waals surface area contributed by atoms with Crippen molar-refractivity contribution in [1.29, 1.82) is 0 Å². The molecule has 0 radical (unpaired) electrons. The molecule has 0 saturated carbocycles. The summed E-state index contributed by atoms with van der Waals surface area (Å²) in [4.78, 5) is 11.0. The third-order valence-corrected chi connectivity index (χ3v) is 6.59. The van der Waals surface area contributed by atoms with Crippen molar-refractivity contribution in [3.8, 4) is 16.9 Å². The first-order chi connectivity index (χ1) is 16.7. The molecule has 0 bridgehead atoms. The van der Waals surface area contributed by atoms with Gasteiger partial charge in [-0.2, -0.15) is 0 Å². The van der Waals surface area contributed by atoms with Crippen LogP contribution >= 0.6 is 23.2 Å². The van der Waals surface area contributed by atoms with E-state index < -0.39 is 11.6 Å². The highest BCUT2D eigenvalue weighted by Crippen LogP contribution is 2.32. The molecular weight excluding hydrogens is 483 g/mol. The Morgan fingerprint density at radius 3 is 2.00 bits per heavy atom. The Morgan fingerprint density at radius 1 is 0.829 bits per heavy atom. The average Bonchev–Trinajstić information content (AvgIpc) is 2.86. The zero-order valence-corrected chi connectivity index (χ0v) is 20.6. The Hall–Kier alpha value is -3.31. The Balaban J connectivity index is 1.41. The van der Waals surface area contributed by atoms with Gasteiger partial charge in [0, 0.05) is 16.5 Å². The third-order valence-electron chi connectivity index (χ3n) is 5.97. The summed E-state index contributed by atoms with van der Waals surface area (Å²) < 4.78 is 5.92. The molecule has 0 aliphatic carbocycles. The predicted octanol–water partition coefficient (Wildman–Crippen LogP) is 7.24. The van der Waals surface area contributed by atoms with E-state index in [0.717, 1.165) is 33.6 Å². The number of aromatic carboxylic acids is 1. The maximum Gasteiger partial charge on any atom is 0.335 e. The number of carboxylic acids is 1. The molecule has 0 aliphatic heterocycles. The second kappa shape index (κ2) is 10.5. The summed E-state index contributed by atoms with van der Waals surface area (Å²) in [7, 11) is 0. The van der Waals surface area contributed by atoms with Gasteiger partial charge >= 0.3 is 5.97 Å². The summed E-state index contributed by atoms with van der Waals surface area (Å²) in [5, 5.41) is 21.5. The summed E-state index contributed by atoms with van der Waals surface area (Å²) in [6.07, 6.45) is 0.571. The molecule has 0 fully saturated rings. The minimum atomic E-state index is -1.19. The summed E-state index contributed by atoms with van der Waals surface area (Å²) in [6.45, 7) is 2.16. The van der Waals surface area contributed by atoms with E-state index in [9.17, 15) is 9.90 Å². The molecule has 0 amide bonds. The van der Waals surface area contributed by atoms with Crippen LogP contribution in [0.5, 0.6) is 5.75 Å². The normalized spacial score (nSPS) is 12.7. The topological polar surface area (TPSA) is 66.8 Å². The van der Waals surface area contributed by atoms with E-state index in [1.54, 1.807) is 49.4 Å². The molecule has 1 atom stereocenters. The van der Waals surface area contributed by atoms with Gasteiger partial charge in [0.1, 0.15) is 11.4 Å². The summed E-state index contributed by atoms with van der Waals surface area (Å²) >= 11 is 12.4. The predicted molar refractivity (Wildman–Crippen MR) is 140 cm³/mol. The van der Waals surface area contributed by atoms with E-state index in [1.807, 2.05) is 48.5 Å². The van der Waals surface area contributed by atoms with Gasteiger partial charge in [0.25, 0.3) is 0 Å². The van der Waals surface area contributed by atoms with Crippen molar-refractivity contribution in [1.82, 2.24) is 0 Å². The van der Waals surface area contributed by atoms with Crippen LogP contribution in [-0.4, -0.2) is 22.8 Å². The lowest BCUT2D eigenvalue weighted by atomic mass is 9.87. The zero-order valence-electron chi connectivity index (χ0n) is 19.0. The van der Waals surface area contributed by atoms with Crippen molar-refractivity contribution in [3.63, 3.8) is 0 Å². The van der Waals surface area contributed by atoms with Gasteiger partial charge in [0.15, 0.2) is 0 Å². The second-order valence-corrected chi connectivity index (χ2v) is 9.23. The first-order valence-electron chi connectivity index (χ1n) is 11.1. The molecule has 0 heterocycles. The van der Waals surface area contributed by atoms with Crippen LogP contribution in [-0.2, 0) is 12.0 Å². The standard InChI is InChI=1S/C29H24Cl2O4/c1-29(34,23-8-11-25(30)12-9-23)24-10-15-27(31)22(18-24)16-17-35-26-13-6-20(7-14-26)19-2-4-21(5-3-19)28(32)33/h2-15,18,34H,16-17H2,1H3,(H,32,33)/t29-/m1/s1. The van der Waals surface area contributed by atoms with Gasteiger partial charge in [-0.25, -0.2) is 4.79 Å². The monoisotopic (exact) mass is 506 g/mol. The van der Waals surface area contributed by atoms with Gasteiger partial charge in [-0.3, -0.25) is 0 Å². The van der Waals surface area contributed by atoms with E-state index in [4.69, 9.17) is 33.0 Å². The molecule has 0 unspecified atom stereocenters. The highest BCUT2D eigenvalue weighted by atomic mass is 35.5. The molecular formula is C29H24Cl2O4. The highest BCUT2D eigenvalue weighted by Gasteiger charge is 2.26. The fourth-order valence-corrected chi connectivity index (χ4v) is 4.18. The molecule has 0 aromatic heterocycles. The van der Waals surface area contributed by atoms with Gasteiger partial charge in [0.2, 0.25) is 0 Å². The molecule has 0 aliphatic rings. The number of aliphatic hydroxyl groups is 1. The molecule has 178 valence electrons. The number of carboxylic acid groups (broad SMARTS) is 1. The average molecular weight is 507 g/mol. The number of halogens is 2. The Bertz CT molecular complexity index is 1310. The lowest BCUT2D eigenvalue weighted by molar-refractivity contribution is 0.0696. The van der Waals surface area contributed by atoms with Gasteiger partial charge in [-0.05, 0) is 77.2 Å². The fourth-order valence-electron chi connectivity index (χ4n) is 3.84. The number of hydrogen-bond donors (Lipinski definition) is 2. The molecule has 4 aromatic rings. The second-order valence-electron chi connectivity index (χ2n) is 8.39. The van der Waals surface area contributed by atoms with Crippen LogP contribution in [0.25, 0.3) is 11.1 Å². The van der Waals surface area contributed by atoms with Crippen LogP contribution in [0.2, 0.25) is 10.0 Å². The molecule has 2 N–H and O–H groups in total. The third kappa shape index (κ3) is 5.85. The maximum atomic E-state index is 11.2. The van der Waals surface area contributed by atoms with Crippen LogP contribution < -0.4 is 4.74 Å². The van der Waals surface area contributed by atoms with Gasteiger partial charge in [-0.1, -0.05) is 71.7 Å². The Kier molecular flexibility index (Phi) is 7.46. The minimum Gasteiger partial charge on any atom is -0.493 e. The van der Waals surface area contributed by atoms with E-state index in [-0.39, 0.29) is 5.56 Å². The lowest BCUT2D eigenvalue weighted by Gasteiger charge is -2.25. The number of carbonyl (C=O) groups is 1. The molecule has 4 rings (SSSR count). The first kappa shape index (κ1) is 24.8. The molecule has 0 saturated heterocycles. The SMILES string of the molecule is C[C@@](O)(c1ccc(Cl)cc1)c1ccc(Cl)c(CCOc2ccc(-c3ccc(C(=O)O)cc3)cc2)c1. The van der Waals surface area contributed by atoms with Crippen LogP contribution in [0.1, 0.15) is 34.0 Å². The quantitative estimate of drug-likeness (QED) is 0.264. The Morgan fingerprint density at radius 2 is 1.40 bits per heavy atom. The van der Waals surface area contributed by atoms with E-state index in [2.05, 4.69) is 0 Å². The number of benzene rings is 4. The number of hydrogen-bond acceptors (Lipinski definition) is 3. The summed E-state index contributed by atoms with van der Waals surface area (Å²) in [5.41, 5.74) is 3.32. The van der Waals surface area contributed by atoms with Gasteiger partial charge in [0.05, 0.1) is 12.2 Å².